The second-order valence-electron chi connectivity index (χ2n) is 4.57. The molecule has 21 heavy (non-hydrogen) atoms. The van der Waals surface area contributed by atoms with Crippen molar-refractivity contribution in [2.75, 3.05) is 20.2 Å². The molecule has 0 atom stereocenters. The van der Waals surface area contributed by atoms with Crippen LogP contribution in [0.15, 0.2) is 36.4 Å². The minimum absolute atomic E-state index is 0.293. The number of hydrogen-bond acceptors (Lipinski definition) is 3. The maximum Gasteiger partial charge on any atom is 0.323 e. The van der Waals surface area contributed by atoms with Crippen molar-refractivity contribution in [3.05, 3.63) is 42.0 Å². The summed E-state index contributed by atoms with van der Waals surface area (Å²) in [6, 6.07) is 10.8. The molecule has 0 unspecified atom stereocenters. The van der Waals surface area contributed by atoms with E-state index >= 15 is 0 Å². The molecule has 5 nitrogen and oxygen atoms in total. The van der Waals surface area contributed by atoms with Gasteiger partial charge in [0.2, 0.25) is 0 Å². The van der Waals surface area contributed by atoms with Gasteiger partial charge in [0.15, 0.2) is 0 Å². The van der Waals surface area contributed by atoms with Gasteiger partial charge in [0.05, 0.1) is 7.11 Å². The van der Waals surface area contributed by atoms with Gasteiger partial charge in [-0.1, -0.05) is 24.3 Å². The van der Waals surface area contributed by atoms with Gasteiger partial charge in [-0.25, -0.2) is 0 Å². The molecule has 0 aliphatic carbocycles. The van der Waals surface area contributed by atoms with E-state index in [-0.39, 0.29) is 12.5 Å². The van der Waals surface area contributed by atoms with Crippen molar-refractivity contribution in [1.82, 2.24) is 4.90 Å². The fraction of sp³-hybridized carbons (Fsp3) is 0.250. The first-order valence-electron chi connectivity index (χ1n) is 6.65. The lowest BCUT2D eigenvalue weighted by Gasteiger charge is -2.20. The molecule has 1 N–H and O–H groups in total. The van der Waals surface area contributed by atoms with Crippen LogP contribution in [-0.2, 0) is 4.79 Å². The number of rotatable bonds is 5. The van der Waals surface area contributed by atoms with Crippen LogP contribution in [0.4, 0.5) is 0 Å². The molecule has 0 aromatic heterocycles. The second-order valence-corrected chi connectivity index (χ2v) is 4.57. The first-order chi connectivity index (χ1) is 10.1. The summed E-state index contributed by atoms with van der Waals surface area (Å²) in [5, 5.41) is 10.5. The van der Waals surface area contributed by atoms with Crippen molar-refractivity contribution in [3.63, 3.8) is 0 Å². The zero-order valence-electron chi connectivity index (χ0n) is 12.0. The van der Waals surface area contributed by atoms with Gasteiger partial charge in [-0.15, -0.1) is 0 Å². The van der Waals surface area contributed by atoms with E-state index in [9.17, 15) is 9.59 Å². The van der Waals surface area contributed by atoms with Gasteiger partial charge in [0.25, 0.3) is 5.91 Å². The van der Waals surface area contributed by atoms with Gasteiger partial charge in [-0.3, -0.25) is 9.59 Å². The monoisotopic (exact) mass is 287 g/mol. The Bertz CT molecular complexity index is 681. The van der Waals surface area contributed by atoms with Crippen LogP contribution in [0.25, 0.3) is 10.8 Å². The van der Waals surface area contributed by atoms with E-state index in [0.717, 1.165) is 10.8 Å². The molecular formula is C16H17NO4. The smallest absolute Gasteiger partial charge is 0.323 e. The zero-order chi connectivity index (χ0) is 15.4. The molecule has 0 heterocycles. The lowest BCUT2D eigenvalue weighted by atomic mass is 10.0. The van der Waals surface area contributed by atoms with Crippen molar-refractivity contribution in [1.29, 1.82) is 0 Å². The molecule has 2 rings (SSSR count). The first-order valence-corrected chi connectivity index (χ1v) is 6.65. The highest BCUT2D eigenvalue weighted by Gasteiger charge is 2.19. The maximum atomic E-state index is 12.5. The number of carbonyl (C=O) groups is 2. The highest BCUT2D eigenvalue weighted by molar-refractivity contribution is 6.09. The summed E-state index contributed by atoms with van der Waals surface area (Å²) >= 11 is 0. The second kappa shape index (κ2) is 6.26. The summed E-state index contributed by atoms with van der Waals surface area (Å²) in [5.74, 6) is -0.634. The number of benzene rings is 2. The summed E-state index contributed by atoms with van der Waals surface area (Å²) < 4.78 is 5.29. The number of likely N-dealkylation sites (N-methyl/N-ethyl adjacent to an activating group) is 1. The Balaban J connectivity index is 2.51. The summed E-state index contributed by atoms with van der Waals surface area (Å²) in [5.41, 5.74) is 0.481. The van der Waals surface area contributed by atoms with Gasteiger partial charge in [0, 0.05) is 17.5 Å². The average Bonchev–Trinajstić information content (AvgIpc) is 2.50. The number of carbonyl (C=O) groups excluding carboxylic acids is 1. The number of nitrogens with zero attached hydrogens (tertiary/aromatic N) is 1. The Morgan fingerprint density at radius 3 is 2.38 bits per heavy atom. The molecule has 5 heteroatoms. The average molecular weight is 287 g/mol. The van der Waals surface area contributed by atoms with Crippen LogP contribution in [0.1, 0.15) is 17.3 Å². The van der Waals surface area contributed by atoms with Crippen molar-refractivity contribution in [3.8, 4) is 5.75 Å². The Hall–Kier alpha value is -2.56. The van der Waals surface area contributed by atoms with E-state index in [1.165, 1.54) is 4.90 Å². The lowest BCUT2D eigenvalue weighted by Crippen LogP contribution is -2.35. The van der Waals surface area contributed by atoms with Crippen LogP contribution in [0.2, 0.25) is 0 Å². The third-order valence-electron chi connectivity index (χ3n) is 3.33. The van der Waals surface area contributed by atoms with E-state index in [0.29, 0.717) is 17.9 Å². The minimum Gasteiger partial charge on any atom is -0.496 e. The van der Waals surface area contributed by atoms with Crippen molar-refractivity contribution in [2.45, 2.75) is 6.92 Å². The standard InChI is InChI=1S/C16H17NO4/c1-3-17(10-15(18)19)16(20)13-8-9-14(21-2)12-7-5-4-6-11(12)13/h4-9H,3,10H2,1-2H3,(H,18,19). The SMILES string of the molecule is CCN(CC(=O)O)C(=O)c1ccc(OC)c2ccccc12. The van der Waals surface area contributed by atoms with Crippen LogP contribution >= 0.6 is 0 Å². The van der Waals surface area contributed by atoms with E-state index in [1.807, 2.05) is 24.3 Å². The van der Waals surface area contributed by atoms with E-state index in [1.54, 1.807) is 26.2 Å². The van der Waals surface area contributed by atoms with Gasteiger partial charge in [-0.05, 0) is 24.4 Å². The fourth-order valence-electron chi connectivity index (χ4n) is 2.30. The molecule has 0 fully saturated rings. The van der Waals surface area contributed by atoms with Crippen LogP contribution in [-0.4, -0.2) is 42.1 Å². The van der Waals surface area contributed by atoms with Crippen molar-refractivity contribution < 1.29 is 19.4 Å². The molecule has 0 bridgehead atoms. The fourth-order valence-corrected chi connectivity index (χ4v) is 2.30. The van der Waals surface area contributed by atoms with Crippen molar-refractivity contribution in [2.24, 2.45) is 0 Å². The number of carboxylic acids is 1. The molecule has 2 aromatic rings. The van der Waals surface area contributed by atoms with Gasteiger partial charge in [0.1, 0.15) is 12.3 Å². The predicted octanol–water partition coefficient (Wildman–Crippen LogP) is 2.40. The van der Waals surface area contributed by atoms with E-state index < -0.39 is 5.97 Å². The number of ether oxygens (including phenoxy) is 1. The molecule has 2 aromatic carbocycles. The lowest BCUT2D eigenvalue weighted by molar-refractivity contribution is -0.137. The van der Waals surface area contributed by atoms with Gasteiger partial charge < -0.3 is 14.7 Å². The summed E-state index contributed by atoms with van der Waals surface area (Å²) in [6.45, 7) is 1.79. The number of carboxylic acid groups (broad SMARTS) is 1. The Labute approximate surface area is 122 Å². The number of amides is 1. The van der Waals surface area contributed by atoms with Gasteiger partial charge >= 0.3 is 5.97 Å². The quantitative estimate of drug-likeness (QED) is 0.917. The molecule has 0 aliphatic rings. The number of fused-ring (bicyclic) bond motifs is 1. The maximum absolute atomic E-state index is 12.5. The zero-order valence-corrected chi connectivity index (χ0v) is 12.0. The summed E-state index contributed by atoms with van der Waals surface area (Å²) in [4.78, 5) is 24.7. The van der Waals surface area contributed by atoms with Crippen molar-refractivity contribution >= 4 is 22.6 Å². The first kappa shape index (κ1) is 14.8. The molecule has 0 radical (unpaired) electrons. The van der Waals surface area contributed by atoms with Crippen LogP contribution in [0.3, 0.4) is 0 Å². The third kappa shape index (κ3) is 2.97. The minimum atomic E-state index is -1.02. The normalized spacial score (nSPS) is 10.4. The molecule has 0 aliphatic heterocycles. The number of hydrogen-bond donors (Lipinski definition) is 1. The third-order valence-corrected chi connectivity index (χ3v) is 3.33. The number of aliphatic carboxylic acids is 1. The Morgan fingerprint density at radius 1 is 1.14 bits per heavy atom. The van der Waals surface area contributed by atoms with Gasteiger partial charge in [-0.2, -0.15) is 0 Å². The predicted molar refractivity (Wildman–Crippen MR) is 79.7 cm³/mol. The largest absolute Gasteiger partial charge is 0.496 e. The molecular weight excluding hydrogens is 270 g/mol. The molecule has 0 saturated heterocycles. The number of methoxy groups -OCH3 is 1. The highest BCUT2D eigenvalue weighted by atomic mass is 16.5. The van der Waals surface area contributed by atoms with E-state index in [4.69, 9.17) is 9.84 Å². The Morgan fingerprint density at radius 2 is 1.81 bits per heavy atom. The van der Waals surface area contributed by atoms with E-state index in [2.05, 4.69) is 0 Å². The highest BCUT2D eigenvalue weighted by Crippen LogP contribution is 2.29. The van der Waals surface area contributed by atoms with Crippen LogP contribution < -0.4 is 4.74 Å². The molecule has 0 saturated carbocycles. The molecule has 0 spiro atoms. The molecule has 110 valence electrons. The summed E-state index contributed by atoms with van der Waals surface area (Å²) in [6.07, 6.45) is 0. The van der Waals surface area contributed by atoms with Crippen LogP contribution in [0, 0.1) is 0 Å². The molecule has 1 amide bonds. The van der Waals surface area contributed by atoms with Crippen LogP contribution in [0.5, 0.6) is 5.75 Å². The topological polar surface area (TPSA) is 66.8 Å². The summed E-state index contributed by atoms with van der Waals surface area (Å²) in [7, 11) is 1.58. The Kier molecular flexibility index (Phi) is 4.42.